The third-order valence-corrected chi connectivity index (χ3v) is 13.2. The molecule has 4 nitrogen and oxygen atoms in total. The van der Waals surface area contributed by atoms with Gasteiger partial charge in [0.15, 0.2) is 5.34 Å². The van der Waals surface area contributed by atoms with Crippen LogP contribution in [0.1, 0.15) is 269 Å². The molecule has 1 aromatic rings. The molecule has 0 aliphatic heterocycles. The molecule has 0 aliphatic carbocycles. The monoisotopic (exact) mass is 763 g/mol. The average Bonchev–Trinajstić information content (AvgIpc) is 3.10. The summed E-state index contributed by atoms with van der Waals surface area (Å²) < 4.78 is 12.5. The highest BCUT2D eigenvalue weighted by Gasteiger charge is 2.45. The van der Waals surface area contributed by atoms with Crippen molar-refractivity contribution in [2.45, 2.75) is 271 Å². The quantitative estimate of drug-likeness (QED) is 0.0470. The molecule has 0 fully saturated rings. The molecule has 312 valence electrons. The predicted molar refractivity (Wildman–Crippen MR) is 233 cm³/mol. The topological polar surface area (TPSA) is 77.8 Å². The van der Waals surface area contributed by atoms with E-state index in [-0.39, 0.29) is 5.41 Å². The van der Waals surface area contributed by atoms with Gasteiger partial charge in [-0.15, -0.1) is 0 Å². The summed E-state index contributed by atoms with van der Waals surface area (Å²) in [4.78, 5) is 20.4. The van der Waals surface area contributed by atoms with Gasteiger partial charge in [0, 0.05) is 0 Å². The molecule has 3 N–H and O–H groups in total. The van der Waals surface area contributed by atoms with Crippen molar-refractivity contribution in [1.29, 1.82) is 0 Å². The summed E-state index contributed by atoms with van der Waals surface area (Å²) in [7, 11) is -4.79. The normalized spacial score (nSPS) is 13.5. The van der Waals surface area contributed by atoms with E-state index in [1.165, 1.54) is 211 Å². The zero-order valence-electron chi connectivity index (χ0n) is 36.4. The fourth-order valence-electron chi connectivity index (χ4n) is 8.33. The van der Waals surface area contributed by atoms with Gasteiger partial charge in [0.05, 0.1) is 0 Å². The van der Waals surface area contributed by atoms with Crippen LogP contribution in [0, 0.1) is 0 Å². The van der Waals surface area contributed by atoms with Crippen LogP contribution < -0.4 is 0 Å². The van der Waals surface area contributed by atoms with Crippen LogP contribution in [-0.2, 0) is 28.2 Å². The molecule has 0 saturated carbocycles. The molecule has 0 heterocycles. The van der Waals surface area contributed by atoms with Gasteiger partial charge in [-0.3, -0.25) is 4.57 Å². The second kappa shape index (κ2) is 30.5. The Bertz CT molecular complexity index is 1050. The minimum Gasteiger partial charge on any atom is -0.373 e. The Balaban J connectivity index is 2.56. The van der Waals surface area contributed by atoms with E-state index in [0.717, 1.165) is 31.2 Å². The molecular formula is C48H91O4P. The van der Waals surface area contributed by atoms with E-state index in [1.54, 1.807) is 0 Å². The highest BCUT2D eigenvalue weighted by molar-refractivity contribution is 7.52. The number of hydrogen-bond donors (Lipinski definition) is 3. The Kier molecular flexibility index (Phi) is 28.9. The molecule has 0 aliphatic rings. The third kappa shape index (κ3) is 23.2. The summed E-state index contributed by atoms with van der Waals surface area (Å²) in [6.07, 6.45) is 45.1. The van der Waals surface area contributed by atoms with E-state index in [1.807, 2.05) is 6.07 Å². The van der Waals surface area contributed by atoms with Crippen molar-refractivity contribution in [3.63, 3.8) is 0 Å². The maximum Gasteiger partial charge on any atom is 0.361 e. The molecule has 5 heteroatoms. The minimum absolute atomic E-state index is 0.344. The minimum atomic E-state index is -4.79. The summed E-state index contributed by atoms with van der Waals surface area (Å²) in [5.41, 5.74) is 3.55. The van der Waals surface area contributed by atoms with Gasteiger partial charge in [0.25, 0.3) is 0 Å². The lowest BCUT2D eigenvalue weighted by atomic mass is 9.76. The molecule has 0 bridgehead atoms. The summed E-state index contributed by atoms with van der Waals surface area (Å²) in [6, 6.07) is 3.89. The molecule has 1 atom stereocenters. The van der Waals surface area contributed by atoms with Crippen LogP contribution in [0.3, 0.4) is 0 Å². The molecule has 53 heavy (non-hydrogen) atoms. The van der Waals surface area contributed by atoms with Crippen LogP contribution in [0.2, 0.25) is 0 Å². The Morgan fingerprint density at radius 3 is 1.02 bits per heavy atom. The standard InChI is InChI=1S/C48H91O4P/c1-7-9-11-13-15-17-19-21-23-25-27-29-31-33-35-37-39-43-41-42-45(48(6,49)53(50,51)52)46(47(3,4)5)44(43)40-38-36-34-32-30-28-26-24-22-20-18-16-14-12-10-8-2/h41-42,49H,7-40H2,1-6H3,(H2,50,51,52). The first-order valence-electron chi connectivity index (χ1n) is 23.3. The lowest BCUT2D eigenvalue weighted by molar-refractivity contribution is 0.106. The van der Waals surface area contributed by atoms with Gasteiger partial charge in [-0.25, -0.2) is 0 Å². The summed E-state index contributed by atoms with van der Waals surface area (Å²) >= 11 is 0. The largest absolute Gasteiger partial charge is 0.373 e. The fourth-order valence-corrected chi connectivity index (χ4v) is 8.83. The summed E-state index contributed by atoms with van der Waals surface area (Å²) in [5.74, 6) is 0. The van der Waals surface area contributed by atoms with Crippen LogP contribution in [-0.4, -0.2) is 14.9 Å². The average molecular weight is 763 g/mol. The van der Waals surface area contributed by atoms with Crippen molar-refractivity contribution >= 4 is 7.60 Å². The van der Waals surface area contributed by atoms with Gasteiger partial charge in [0.1, 0.15) is 0 Å². The van der Waals surface area contributed by atoms with Crippen molar-refractivity contribution < 1.29 is 19.5 Å². The zero-order chi connectivity index (χ0) is 39.3. The van der Waals surface area contributed by atoms with Crippen molar-refractivity contribution in [3.05, 3.63) is 34.4 Å². The smallest absolute Gasteiger partial charge is 0.361 e. The second-order valence-electron chi connectivity index (χ2n) is 18.0. The zero-order valence-corrected chi connectivity index (χ0v) is 37.3. The summed E-state index contributed by atoms with van der Waals surface area (Å²) in [5, 5.41) is 9.05. The Hall–Kier alpha value is -0.670. The van der Waals surface area contributed by atoms with E-state index in [9.17, 15) is 19.5 Å². The van der Waals surface area contributed by atoms with Crippen LogP contribution in [0.25, 0.3) is 0 Å². The maximum absolute atomic E-state index is 12.5. The van der Waals surface area contributed by atoms with Gasteiger partial charge in [0.2, 0.25) is 0 Å². The third-order valence-electron chi connectivity index (χ3n) is 11.8. The van der Waals surface area contributed by atoms with Crippen molar-refractivity contribution in [1.82, 2.24) is 0 Å². The van der Waals surface area contributed by atoms with Gasteiger partial charge >= 0.3 is 7.60 Å². The van der Waals surface area contributed by atoms with Crippen LogP contribution in [0.5, 0.6) is 0 Å². The fraction of sp³-hybridized carbons (Fsp3) is 0.875. The van der Waals surface area contributed by atoms with Gasteiger partial charge in [-0.1, -0.05) is 239 Å². The van der Waals surface area contributed by atoms with Gasteiger partial charge in [-0.2, -0.15) is 0 Å². The second-order valence-corrected chi connectivity index (χ2v) is 20.0. The molecule has 0 radical (unpaired) electrons. The molecular weight excluding hydrogens is 671 g/mol. The molecule has 1 aromatic carbocycles. The number of unbranched alkanes of at least 4 members (excludes halogenated alkanes) is 30. The van der Waals surface area contributed by atoms with Gasteiger partial charge in [-0.05, 0) is 60.3 Å². The van der Waals surface area contributed by atoms with E-state index in [2.05, 4.69) is 40.7 Å². The highest BCUT2D eigenvalue weighted by Crippen LogP contribution is 2.57. The first kappa shape index (κ1) is 50.3. The summed E-state index contributed by atoms with van der Waals surface area (Å²) in [6.45, 7) is 12.2. The van der Waals surface area contributed by atoms with Gasteiger partial charge < -0.3 is 14.9 Å². The Morgan fingerprint density at radius 1 is 0.453 bits per heavy atom. The molecule has 0 aromatic heterocycles. The Morgan fingerprint density at radius 2 is 0.736 bits per heavy atom. The predicted octanol–water partition coefficient (Wildman–Crippen LogP) is 15.9. The molecule has 0 saturated heterocycles. The van der Waals surface area contributed by atoms with Crippen LogP contribution in [0.15, 0.2) is 12.1 Å². The number of benzene rings is 1. The molecule has 0 amide bonds. The first-order chi connectivity index (χ1) is 25.4. The maximum atomic E-state index is 12.5. The highest BCUT2D eigenvalue weighted by atomic mass is 31.2. The Labute approximate surface area is 331 Å². The van der Waals surface area contributed by atoms with Crippen molar-refractivity contribution in [2.24, 2.45) is 0 Å². The van der Waals surface area contributed by atoms with E-state index in [0.29, 0.717) is 5.56 Å². The molecule has 0 spiro atoms. The lowest BCUT2D eigenvalue weighted by Crippen LogP contribution is -2.29. The van der Waals surface area contributed by atoms with Crippen molar-refractivity contribution in [3.8, 4) is 0 Å². The number of rotatable bonds is 36. The van der Waals surface area contributed by atoms with Crippen LogP contribution >= 0.6 is 7.60 Å². The van der Waals surface area contributed by atoms with E-state index < -0.39 is 12.9 Å². The van der Waals surface area contributed by atoms with Crippen molar-refractivity contribution in [2.75, 3.05) is 0 Å². The van der Waals surface area contributed by atoms with Crippen LogP contribution in [0.4, 0.5) is 0 Å². The lowest BCUT2D eigenvalue weighted by Gasteiger charge is -2.35. The number of aliphatic hydroxyl groups is 1. The number of aryl methyl sites for hydroxylation is 1. The first-order valence-corrected chi connectivity index (χ1v) is 24.9. The number of hydrogen-bond acceptors (Lipinski definition) is 2. The van der Waals surface area contributed by atoms with E-state index in [4.69, 9.17) is 0 Å². The molecule has 1 rings (SSSR count). The van der Waals surface area contributed by atoms with E-state index >= 15 is 0 Å². The SMILES string of the molecule is CCCCCCCCCCCCCCCCCCc1ccc(C(C)(O)P(=O)(O)O)c(C(C)(C)C)c1CCCCCCCCCCCCCCCCCC. The molecule has 1 unspecified atom stereocenters.